The zero-order chi connectivity index (χ0) is 24.5. The molecule has 1 heterocycles. The lowest BCUT2D eigenvalue weighted by atomic mass is 9.86. The van der Waals surface area contributed by atoms with Crippen LogP contribution in [-0.2, 0) is 4.79 Å². The normalized spacial score (nSPS) is 20.8. The van der Waals surface area contributed by atoms with Crippen LogP contribution in [0.4, 0.5) is 5.69 Å². The van der Waals surface area contributed by atoms with Crippen LogP contribution in [0, 0.1) is 17.8 Å². The van der Waals surface area contributed by atoms with Gasteiger partial charge in [0.1, 0.15) is 0 Å². The molecule has 180 valence electrons. The van der Waals surface area contributed by atoms with E-state index in [0.29, 0.717) is 29.2 Å². The molecule has 5 heteroatoms. The standard InChI is InChI=1S/C31H29N3O2/c35-30(19-25-16-21-9-11-22(25)15-21)32-26-8-4-7-23(17-26)31(36)24-12-13-27-28(33-34-29(27)18-24)14-10-20-5-2-1-3-6-20/h1-8,10,12-14,17-18,21-22,25H,9,11,15-16,19H2,(H,32,35)(H,33,34)/b14-10+. The van der Waals surface area contributed by atoms with Crippen LogP contribution in [0.1, 0.15) is 59.3 Å². The summed E-state index contributed by atoms with van der Waals surface area (Å²) in [4.78, 5) is 25.9. The molecule has 3 unspecified atom stereocenters. The number of aromatic nitrogens is 2. The van der Waals surface area contributed by atoms with Crippen molar-refractivity contribution < 1.29 is 9.59 Å². The molecular weight excluding hydrogens is 446 g/mol. The van der Waals surface area contributed by atoms with Crippen LogP contribution in [0.25, 0.3) is 23.1 Å². The van der Waals surface area contributed by atoms with E-state index in [-0.39, 0.29) is 11.7 Å². The van der Waals surface area contributed by atoms with Crippen molar-refractivity contribution in [3.8, 4) is 0 Å². The van der Waals surface area contributed by atoms with Crippen molar-refractivity contribution in [1.82, 2.24) is 10.2 Å². The highest BCUT2D eigenvalue weighted by Crippen LogP contribution is 2.49. The number of carbonyl (C=O) groups excluding carboxylic acids is 2. The maximum absolute atomic E-state index is 13.2. The molecule has 0 radical (unpaired) electrons. The molecule has 2 N–H and O–H groups in total. The van der Waals surface area contributed by atoms with Gasteiger partial charge in [-0.15, -0.1) is 0 Å². The van der Waals surface area contributed by atoms with Gasteiger partial charge >= 0.3 is 0 Å². The number of nitrogens with one attached hydrogen (secondary N) is 2. The Morgan fingerprint density at radius 1 is 0.917 bits per heavy atom. The van der Waals surface area contributed by atoms with E-state index in [1.165, 1.54) is 25.7 Å². The lowest BCUT2D eigenvalue weighted by Gasteiger charge is -2.20. The van der Waals surface area contributed by atoms with Crippen molar-refractivity contribution in [2.45, 2.75) is 32.1 Å². The Labute approximate surface area is 210 Å². The van der Waals surface area contributed by atoms with Crippen LogP contribution in [0.15, 0.2) is 72.8 Å². The van der Waals surface area contributed by atoms with Gasteiger partial charge in [-0.1, -0.05) is 61.0 Å². The third kappa shape index (κ3) is 4.61. The van der Waals surface area contributed by atoms with Gasteiger partial charge < -0.3 is 5.32 Å². The third-order valence-corrected chi connectivity index (χ3v) is 7.83. The second-order valence-corrected chi connectivity index (χ2v) is 10.2. The summed E-state index contributed by atoms with van der Waals surface area (Å²) in [7, 11) is 0. The van der Waals surface area contributed by atoms with Gasteiger partial charge in [-0.05, 0) is 72.9 Å². The number of hydrogen-bond donors (Lipinski definition) is 2. The first-order valence-electron chi connectivity index (χ1n) is 12.8. The van der Waals surface area contributed by atoms with E-state index in [0.717, 1.165) is 34.0 Å². The summed E-state index contributed by atoms with van der Waals surface area (Å²) in [6, 6.07) is 22.9. The van der Waals surface area contributed by atoms with Gasteiger partial charge in [0, 0.05) is 28.6 Å². The van der Waals surface area contributed by atoms with Crippen molar-refractivity contribution in [2.75, 3.05) is 5.32 Å². The number of nitrogens with zero attached hydrogens (tertiary/aromatic N) is 1. The fourth-order valence-corrected chi connectivity index (χ4v) is 6.03. The highest BCUT2D eigenvalue weighted by atomic mass is 16.1. The molecule has 0 spiro atoms. The zero-order valence-electron chi connectivity index (χ0n) is 20.1. The predicted octanol–water partition coefficient (Wildman–Crippen LogP) is 6.73. The van der Waals surface area contributed by atoms with Crippen LogP contribution in [0.3, 0.4) is 0 Å². The van der Waals surface area contributed by atoms with E-state index in [1.54, 1.807) is 12.1 Å². The van der Waals surface area contributed by atoms with Crippen LogP contribution < -0.4 is 5.32 Å². The minimum atomic E-state index is -0.0860. The van der Waals surface area contributed by atoms with E-state index >= 15 is 0 Å². The first-order valence-corrected chi connectivity index (χ1v) is 12.8. The number of ketones is 1. The first kappa shape index (κ1) is 22.5. The molecule has 3 atom stereocenters. The van der Waals surface area contributed by atoms with Gasteiger partial charge in [0.2, 0.25) is 5.91 Å². The molecule has 2 aliphatic carbocycles. The molecule has 2 saturated carbocycles. The maximum atomic E-state index is 13.2. The fraction of sp³-hybridized carbons (Fsp3) is 0.258. The van der Waals surface area contributed by atoms with Gasteiger partial charge in [0.25, 0.3) is 0 Å². The van der Waals surface area contributed by atoms with Crippen LogP contribution in [0.2, 0.25) is 0 Å². The van der Waals surface area contributed by atoms with Crippen LogP contribution >= 0.6 is 0 Å². The summed E-state index contributed by atoms with van der Waals surface area (Å²) < 4.78 is 0. The average Bonchev–Trinajstić information content (AvgIpc) is 3.63. The number of hydrogen-bond acceptors (Lipinski definition) is 3. The van der Waals surface area contributed by atoms with Gasteiger partial charge in [-0.2, -0.15) is 5.10 Å². The minimum Gasteiger partial charge on any atom is -0.326 e. The second-order valence-electron chi connectivity index (χ2n) is 10.2. The highest BCUT2D eigenvalue weighted by Gasteiger charge is 2.40. The lowest BCUT2D eigenvalue weighted by Crippen LogP contribution is -2.20. The number of rotatable bonds is 7. The zero-order valence-corrected chi connectivity index (χ0v) is 20.1. The van der Waals surface area contributed by atoms with Crippen LogP contribution in [-0.4, -0.2) is 21.9 Å². The van der Waals surface area contributed by atoms with Crippen molar-refractivity contribution in [1.29, 1.82) is 0 Å². The van der Waals surface area contributed by atoms with Crippen LogP contribution in [0.5, 0.6) is 0 Å². The number of anilines is 1. The molecule has 4 aromatic rings. The summed E-state index contributed by atoms with van der Waals surface area (Å²) >= 11 is 0. The Morgan fingerprint density at radius 3 is 2.58 bits per heavy atom. The smallest absolute Gasteiger partial charge is 0.224 e. The molecule has 6 rings (SSSR count). The number of aromatic amines is 1. The predicted molar refractivity (Wildman–Crippen MR) is 144 cm³/mol. The number of amides is 1. The van der Waals surface area contributed by atoms with E-state index in [9.17, 15) is 9.59 Å². The highest BCUT2D eigenvalue weighted by molar-refractivity contribution is 6.11. The summed E-state index contributed by atoms with van der Waals surface area (Å²) in [6.45, 7) is 0. The molecule has 2 fully saturated rings. The SMILES string of the molecule is O=C(CC1CC2CCC1C2)Nc1cccc(C(=O)c2ccc3c(/C=C/c4ccccc4)n[nH]c3c2)c1. The summed E-state index contributed by atoms with van der Waals surface area (Å²) in [6.07, 6.45) is 9.67. The first-order chi connectivity index (χ1) is 17.6. The number of carbonyl (C=O) groups is 2. The van der Waals surface area contributed by atoms with E-state index in [4.69, 9.17) is 0 Å². The number of benzene rings is 3. The Kier molecular flexibility index (Phi) is 5.98. The maximum Gasteiger partial charge on any atom is 0.224 e. The van der Waals surface area contributed by atoms with Gasteiger partial charge in [-0.3, -0.25) is 14.7 Å². The molecule has 0 saturated heterocycles. The van der Waals surface area contributed by atoms with Crippen molar-refractivity contribution in [2.24, 2.45) is 17.8 Å². The quantitative estimate of drug-likeness (QED) is 0.291. The monoisotopic (exact) mass is 475 g/mol. The largest absolute Gasteiger partial charge is 0.326 e. The molecular formula is C31H29N3O2. The van der Waals surface area contributed by atoms with Crippen molar-refractivity contribution in [3.05, 3.63) is 95.2 Å². The average molecular weight is 476 g/mol. The molecule has 0 aliphatic heterocycles. The molecule has 1 aromatic heterocycles. The molecule has 1 amide bonds. The minimum absolute atomic E-state index is 0.0483. The lowest BCUT2D eigenvalue weighted by molar-refractivity contribution is -0.117. The molecule has 5 nitrogen and oxygen atoms in total. The molecule has 3 aromatic carbocycles. The molecule has 2 bridgehead atoms. The van der Waals surface area contributed by atoms with Crippen molar-refractivity contribution in [3.63, 3.8) is 0 Å². The topological polar surface area (TPSA) is 74.8 Å². The summed E-state index contributed by atoms with van der Waals surface area (Å²) in [5.74, 6) is 2.03. The Bertz CT molecular complexity index is 1450. The second kappa shape index (κ2) is 9.57. The summed E-state index contributed by atoms with van der Waals surface area (Å²) in [5.41, 5.74) is 4.54. The van der Waals surface area contributed by atoms with E-state index in [2.05, 4.69) is 15.5 Å². The van der Waals surface area contributed by atoms with Gasteiger partial charge in [0.15, 0.2) is 5.78 Å². The number of fused-ring (bicyclic) bond motifs is 3. The van der Waals surface area contributed by atoms with E-state index < -0.39 is 0 Å². The molecule has 36 heavy (non-hydrogen) atoms. The summed E-state index contributed by atoms with van der Waals surface area (Å²) in [5, 5.41) is 11.4. The van der Waals surface area contributed by atoms with E-state index in [1.807, 2.05) is 72.8 Å². The molecule has 2 aliphatic rings. The number of H-pyrrole nitrogens is 1. The van der Waals surface area contributed by atoms with Gasteiger partial charge in [0.05, 0.1) is 11.2 Å². The van der Waals surface area contributed by atoms with Crippen molar-refractivity contribution >= 4 is 40.4 Å². The Morgan fingerprint density at radius 2 is 1.78 bits per heavy atom. The Balaban J connectivity index is 1.15. The third-order valence-electron chi connectivity index (χ3n) is 7.83. The van der Waals surface area contributed by atoms with Gasteiger partial charge in [-0.25, -0.2) is 0 Å². The Hall–Kier alpha value is -3.99. The fourth-order valence-electron chi connectivity index (χ4n) is 6.03.